The van der Waals surface area contributed by atoms with Gasteiger partial charge in [0.05, 0.1) is 6.10 Å². The predicted octanol–water partition coefficient (Wildman–Crippen LogP) is 1.94. The first kappa shape index (κ1) is 11.5. The van der Waals surface area contributed by atoms with E-state index in [-0.39, 0.29) is 11.9 Å². The van der Waals surface area contributed by atoms with Crippen LogP contribution in [0.15, 0.2) is 24.3 Å². The van der Waals surface area contributed by atoms with Gasteiger partial charge in [0.15, 0.2) is 6.10 Å². The molecule has 4 nitrogen and oxygen atoms in total. The summed E-state index contributed by atoms with van der Waals surface area (Å²) in [6, 6.07) is 6.49. The minimum absolute atomic E-state index is 0.178. The first-order valence-corrected chi connectivity index (χ1v) is 4.68. The Labute approximate surface area is 88.1 Å². The number of phenols is 1. The number of carboxylic acid groups (broad SMARTS) is 1. The molecule has 0 aliphatic carbocycles. The van der Waals surface area contributed by atoms with Crippen LogP contribution in [0.1, 0.15) is 25.5 Å². The number of phenolic OH excluding ortho intramolecular Hbond substituents is 1. The van der Waals surface area contributed by atoms with Crippen LogP contribution >= 0.6 is 0 Å². The molecule has 0 heterocycles. The Morgan fingerprint density at radius 2 is 1.80 bits per heavy atom. The molecule has 15 heavy (non-hydrogen) atoms. The average molecular weight is 210 g/mol. The Morgan fingerprint density at radius 1 is 1.27 bits per heavy atom. The van der Waals surface area contributed by atoms with Crippen molar-refractivity contribution in [2.45, 2.75) is 26.1 Å². The molecule has 4 heteroatoms. The molecule has 0 bridgehead atoms. The van der Waals surface area contributed by atoms with Crippen molar-refractivity contribution in [2.75, 3.05) is 0 Å². The molecule has 0 aliphatic heterocycles. The van der Waals surface area contributed by atoms with Crippen molar-refractivity contribution in [3.8, 4) is 5.75 Å². The average Bonchev–Trinajstić information content (AvgIpc) is 2.18. The maximum atomic E-state index is 10.6. The van der Waals surface area contributed by atoms with Gasteiger partial charge in [-0.2, -0.15) is 0 Å². The maximum absolute atomic E-state index is 10.6. The van der Waals surface area contributed by atoms with Crippen LogP contribution in [-0.2, 0) is 9.53 Å². The van der Waals surface area contributed by atoms with Gasteiger partial charge >= 0.3 is 5.97 Å². The second kappa shape index (κ2) is 4.79. The number of hydrogen-bond acceptors (Lipinski definition) is 3. The minimum atomic E-state index is -0.986. The molecular formula is C11H14O4. The van der Waals surface area contributed by atoms with Gasteiger partial charge in [0.1, 0.15) is 5.75 Å². The van der Waals surface area contributed by atoms with Crippen LogP contribution in [0.2, 0.25) is 0 Å². The van der Waals surface area contributed by atoms with Gasteiger partial charge in [0, 0.05) is 0 Å². The van der Waals surface area contributed by atoms with Gasteiger partial charge in [-0.3, -0.25) is 0 Å². The summed E-state index contributed by atoms with van der Waals surface area (Å²) in [5.41, 5.74) is 0.834. The number of aliphatic carboxylic acids is 1. The number of carboxylic acids is 1. The Morgan fingerprint density at radius 3 is 2.27 bits per heavy atom. The van der Waals surface area contributed by atoms with Crippen molar-refractivity contribution in [3.05, 3.63) is 29.8 Å². The highest BCUT2D eigenvalue weighted by molar-refractivity contribution is 5.71. The highest BCUT2D eigenvalue weighted by atomic mass is 16.5. The second-order valence-corrected chi connectivity index (χ2v) is 3.35. The largest absolute Gasteiger partial charge is 0.508 e. The molecule has 0 radical (unpaired) electrons. The zero-order valence-electron chi connectivity index (χ0n) is 8.68. The fourth-order valence-corrected chi connectivity index (χ4v) is 1.19. The zero-order valence-corrected chi connectivity index (χ0v) is 8.68. The number of benzene rings is 1. The van der Waals surface area contributed by atoms with Crippen LogP contribution in [0.25, 0.3) is 0 Å². The van der Waals surface area contributed by atoms with Crippen molar-refractivity contribution in [2.24, 2.45) is 0 Å². The maximum Gasteiger partial charge on any atom is 0.332 e. The highest BCUT2D eigenvalue weighted by Gasteiger charge is 2.16. The van der Waals surface area contributed by atoms with Crippen LogP contribution in [0, 0.1) is 0 Å². The molecule has 0 saturated carbocycles. The molecule has 2 unspecified atom stereocenters. The Kier molecular flexibility index (Phi) is 3.68. The monoisotopic (exact) mass is 210 g/mol. The van der Waals surface area contributed by atoms with Gasteiger partial charge < -0.3 is 14.9 Å². The number of rotatable bonds is 4. The molecule has 0 spiro atoms. The Bertz CT molecular complexity index is 331. The lowest BCUT2D eigenvalue weighted by atomic mass is 10.1. The molecular weight excluding hydrogens is 196 g/mol. The third-order valence-corrected chi connectivity index (χ3v) is 2.12. The molecule has 2 N–H and O–H groups in total. The van der Waals surface area contributed by atoms with Gasteiger partial charge in [-0.05, 0) is 31.5 Å². The predicted molar refractivity (Wildman–Crippen MR) is 54.7 cm³/mol. The van der Waals surface area contributed by atoms with E-state index in [4.69, 9.17) is 14.9 Å². The zero-order chi connectivity index (χ0) is 11.4. The van der Waals surface area contributed by atoms with Gasteiger partial charge in [-0.25, -0.2) is 4.79 Å². The number of aromatic hydroxyl groups is 1. The van der Waals surface area contributed by atoms with Crippen molar-refractivity contribution < 1.29 is 19.7 Å². The summed E-state index contributed by atoms with van der Waals surface area (Å²) in [4.78, 5) is 10.6. The lowest BCUT2D eigenvalue weighted by molar-refractivity contribution is -0.152. The standard InChI is InChI=1S/C11H14O4/c1-7(15-8(2)11(13)14)9-3-5-10(12)6-4-9/h3-8,12H,1-2H3,(H,13,14). The SMILES string of the molecule is CC(OC(C)c1ccc(O)cc1)C(=O)O. The van der Waals surface area contributed by atoms with Crippen molar-refractivity contribution in [1.29, 1.82) is 0 Å². The van der Waals surface area contributed by atoms with Crippen LogP contribution in [0.4, 0.5) is 0 Å². The van der Waals surface area contributed by atoms with E-state index in [2.05, 4.69) is 0 Å². The van der Waals surface area contributed by atoms with E-state index in [1.165, 1.54) is 6.92 Å². The molecule has 2 atom stereocenters. The van der Waals surface area contributed by atoms with E-state index in [9.17, 15) is 4.79 Å². The molecule has 82 valence electrons. The van der Waals surface area contributed by atoms with Crippen LogP contribution in [0.3, 0.4) is 0 Å². The molecule has 0 saturated heterocycles. The number of carbonyl (C=O) groups is 1. The van der Waals surface area contributed by atoms with Gasteiger partial charge in [-0.15, -0.1) is 0 Å². The molecule has 1 rings (SSSR count). The van der Waals surface area contributed by atoms with E-state index < -0.39 is 12.1 Å². The molecule has 1 aromatic carbocycles. The van der Waals surface area contributed by atoms with Crippen molar-refractivity contribution in [1.82, 2.24) is 0 Å². The number of hydrogen-bond donors (Lipinski definition) is 2. The molecule has 0 aromatic heterocycles. The Balaban J connectivity index is 2.64. The summed E-state index contributed by atoms with van der Waals surface area (Å²) < 4.78 is 5.26. The van der Waals surface area contributed by atoms with Gasteiger partial charge in [-0.1, -0.05) is 12.1 Å². The molecule has 0 amide bonds. The molecule has 0 aliphatic rings. The summed E-state index contributed by atoms with van der Waals surface area (Å²) in [7, 11) is 0. The van der Waals surface area contributed by atoms with Crippen molar-refractivity contribution >= 4 is 5.97 Å². The van der Waals surface area contributed by atoms with Crippen LogP contribution in [-0.4, -0.2) is 22.3 Å². The minimum Gasteiger partial charge on any atom is -0.508 e. The third-order valence-electron chi connectivity index (χ3n) is 2.12. The van der Waals surface area contributed by atoms with Crippen LogP contribution < -0.4 is 0 Å². The summed E-state index contributed by atoms with van der Waals surface area (Å²) in [6.07, 6.45) is -1.15. The Hall–Kier alpha value is -1.55. The first-order valence-electron chi connectivity index (χ1n) is 4.68. The van der Waals surface area contributed by atoms with Gasteiger partial charge in [0.2, 0.25) is 0 Å². The van der Waals surface area contributed by atoms with E-state index >= 15 is 0 Å². The summed E-state index contributed by atoms with van der Waals surface area (Å²) in [5.74, 6) is -0.808. The van der Waals surface area contributed by atoms with Crippen LogP contribution in [0.5, 0.6) is 5.75 Å². The second-order valence-electron chi connectivity index (χ2n) is 3.35. The van der Waals surface area contributed by atoms with E-state index in [1.807, 2.05) is 0 Å². The molecule has 1 aromatic rings. The van der Waals surface area contributed by atoms with E-state index in [1.54, 1.807) is 31.2 Å². The third kappa shape index (κ3) is 3.25. The summed E-state index contributed by atoms with van der Waals surface area (Å²) in [5, 5.41) is 17.7. The topological polar surface area (TPSA) is 66.8 Å². The quantitative estimate of drug-likeness (QED) is 0.797. The number of ether oxygens (including phenoxy) is 1. The first-order chi connectivity index (χ1) is 7.00. The summed E-state index contributed by atoms with van der Waals surface area (Å²) >= 11 is 0. The molecule has 0 fully saturated rings. The highest BCUT2D eigenvalue weighted by Crippen LogP contribution is 2.20. The summed E-state index contributed by atoms with van der Waals surface area (Å²) in [6.45, 7) is 3.26. The van der Waals surface area contributed by atoms with Gasteiger partial charge in [0.25, 0.3) is 0 Å². The smallest absolute Gasteiger partial charge is 0.332 e. The van der Waals surface area contributed by atoms with E-state index in [0.29, 0.717) is 0 Å². The lowest BCUT2D eigenvalue weighted by Crippen LogP contribution is -2.21. The fraction of sp³-hybridized carbons (Fsp3) is 0.364. The van der Waals surface area contributed by atoms with Crippen molar-refractivity contribution in [3.63, 3.8) is 0 Å². The van der Waals surface area contributed by atoms with E-state index in [0.717, 1.165) is 5.56 Å². The lowest BCUT2D eigenvalue weighted by Gasteiger charge is -2.16. The normalized spacial score (nSPS) is 14.5. The fourth-order valence-electron chi connectivity index (χ4n) is 1.19.